The van der Waals surface area contributed by atoms with Crippen molar-refractivity contribution in [3.8, 4) is 5.75 Å². The number of ether oxygens (including phenoxy) is 2. The molecule has 1 saturated carbocycles. The van der Waals surface area contributed by atoms with Gasteiger partial charge in [0.2, 0.25) is 0 Å². The first-order valence-corrected chi connectivity index (χ1v) is 10.2. The molecule has 31 heavy (non-hydrogen) atoms. The molecule has 172 valence electrons. The lowest BCUT2D eigenvalue weighted by Crippen LogP contribution is -2.49. The van der Waals surface area contributed by atoms with Crippen molar-refractivity contribution in [1.82, 2.24) is 9.80 Å². The molecular formula is C21H27F3N2O5. The number of rotatable bonds is 7. The molecule has 7 nitrogen and oxygen atoms in total. The Morgan fingerprint density at radius 1 is 1.19 bits per heavy atom. The van der Waals surface area contributed by atoms with Crippen LogP contribution in [0.25, 0.3) is 0 Å². The summed E-state index contributed by atoms with van der Waals surface area (Å²) in [4.78, 5) is 26.7. The molecule has 1 N–H and O–H groups in total. The van der Waals surface area contributed by atoms with Crippen molar-refractivity contribution in [2.45, 2.75) is 45.5 Å². The first-order valence-electron chi connectivity index (χ1n) is 10.2. The van der Waals surface area contributed by atoms with Crippen LogP contribution >= 0.6 is 0 Å². The molecule has 0 aromatic heterocycles. The van der Waals surface area contributed by atoms with Gasteiger partial charge in [0.1, 0.15) is 17.8 Å². The van der Waals surface area contributed by atoms with Gasteiger partial charge in [-0.15, -0.1) is 0 Å². The van der Waals surface area contributed by atoms with E-state index in [-0.39, 0.29) is 19.7 Å². The standard InChI is InChI=1S/C21H27F3N2O5/c1-14-3-4-16(17(11-14)30-13-20(5-6-20)18(27)28)12-25-7-9-26(10-8-25)19(29)31-15(2)21(22,23)24/h3-4,11,15H,5-10,12-13H2,1-2H3,(H,27,28). The summed E-state index contributed by atoms with van der Waals surface area (Å²) >= 11 is 0. The minimum absolute atomic E-state index is 0.121. The zero-order valence-electron chi connectivity index (χ0n) is 17.6. The number of aliphatic carboxylic acids is 1. The molecule has 2 aliphatic rings. The number of piperazine rings is 1. The van der Waals surface area contributed by atoms with Crippen molar-refractivity contribution < 1.29 is 37.3 Å². The highest BCUT2D eigenvalue weighted by molar-refractivity contribution is 5.78. The average Bonchev–Trinajstić information content (AvgIpc) is 3.49. The number of amides is 1. The number of halogens is 3. The fourth-order valence-corrected chi connectivity index (χ4v) is 3.34. The number of carbonyl (C=O) groups is 2. The zero-order chi connectivity index (χ0) is 22.8. The van der Waals surface area contributed by atoms with E-state index < -0.39 is 29.8 Å². The molecule has 1 aliphatic heterocycles. The zero-order valence-corrected chi connectivity index (χ0v) is 17.6. The van der Waals surface area contributed by atoms with Crippen LogP contribution in [0.15, 0.2) is 18.2 Å². The van der Waals surface area contributed by atoms with Crippen molar-refractivity contribution in [2.24, 2.45) is 5.41 Å². The lowest BCUT2D eigenvalue weighted by atomic mass is 10.1. The van der Waals surface area contributed by atoms with Gasteiger partial charge in [0.15, 0.2) is 6.10 Å². The quantitative estimate of drug-likeness (QED) is 0.694. The third-order valence-electron chi connectivity index (χ3n) is 5.80. The maximum absolute atomic E-state index is 12.6. The molecule has 1 aliphatic carbocycles. The number of hydrogen-bond acceptors (Lipinski definition) is 5. The topological polar surface area (TPSA) is 79.3 Å². The number of carboxylic acids is 1. The van der Waals surface area contributed by atoms with Gasteiger partial charge in [0, 0.05) is 38.3 Å². The van der Waals surface area contributed by atoms with Crippen LogP contribution in [0.2, 0.25) is 0 Å². The number of carbonyl (C=O) groups excluding carboxylic acids is 1. The first-order chi connectivity index (χ1) is 14.5. The molecular weight excluding hydrogens is 417 g/mol. The normalized spacial score (nSPS) is 19.6. The highest BCUT2D eigenvalue weighted by Crippen LogP contribution is 2.46. The molecule has 1 unspecified atom stereocenters. The highest BCUT2D eigenvalue weighted by Gasteiger charge is 2.51. The van der Waals surface area contributed by atoms with Crippen LogP contribution in [0.4, 0.5) is 18.0 Å². The molecule has 1 atom stereocenters. The fraction of sp³-hybridized carbons (Fsp3) is 0.619. The van der Waals surface area contributed by atoms with Gasteiger partial charge in [0.25, 0.3) is 0 Å². The second kappa shape index (κ2) is 8.94. The van der Waals surface area contributed by atoms with Gasteiger partial charge >= 0.3 is 18.2 Å². The van der Waals surface area contributed by atoms with Gasteiger partial charge < -0.3 is 19.5 Å². The van der Waals surface area contributed by atoms with Crippen LogP contribution in [0, 0.1) is 12.3 Å². The van der Waals surface area contributed by atoms with Crippen LogP contribution in [0.1, 0.15) is 30.9 Å². The molecule has 0 radical (unpaired) electrons. The largest absolute Gasteiger partial charge is 0.492 e. The molecule has 1 amide bonds. The van der Waals surface area contributed by atoms with Gasteiger partial charge in [-0.05, 0) is 38.3 Å². The Bertz CT molecular complexity index is 818. The van der Waals surface area contributed by atoms with Crippen LogP contribution in [0.5, 0.6) is 5.75 Å². The number of benzene rings is 1. The van der Waals surface area contributed by atoms with E-state index in [4.69, 9.17) is 4.74 Å². The molecule has 3 rings (SSSR count). The maximum atomic E-state index is 12.6. The monoisotopic (exact) mass is 444 g/mol. The van der Waals surface area contributed by atoms with E-state index in [2.05, 4.69) is 9.64 Å². The van der Waals surface area contributed by atoms with Gasteiger partial charge in [-0.25, -0.2) is 4.79 Å². The van der Waals surface area contributed by atoms with Crippen LogP contribution in [-0.4, -0.2) is 72.0 Å². The summed E-state index contributed by atoms with van der Waals surface area (Å²) in [5.41, 5.74) is 1.10. The summed E-state index contributed by atoms with van der Waals surface area (Å²) in [6, 6.07) is 5.74. The maximum Gasteiger partial charge on any atom is 0.425 e. The molecule has 1 aromatic carbocycles. The molecule has 1 saturated heterocycles. The Morgan fingerprint density at radius 3 is 2.39 bits per heavy atom. The third kappa shape index (κ3) is 5.81. The Labute approximate surface area is 178 Å². The number of hydrogen-bond donors (Lipinski definition) is 1. The number of aryl methyl sites for hydroxylation is 1. The first kappa shape index (κ1) is 23.2. The molecule has 1 heterocycles. The highest BCUT2D eigenvalue weighted by atomic mass is 19.4. The summed E-state index contributed by atoms with van der Waals surface area (Å²) in [6.07, 6.45) is -6.49. The molecule has 0 bridgehead atoms. The summed E-state index contributed by atoms with van der Waals surface area (Å²) in [5, 5.41) is 9.34. The Balaban J connectivity index is 1.54. The summed E-state index contributed by atoms with van der Waals surface area (Å²) in [6.45, 7) is 4.84. The predicted molar refractivity (Wildman–Crippen MR) is 105 cm³/mol. The van der Waals surface area contributed by atoms with Crippen molar-refractivity contribution >= 4 is 12.1 Å². The SMILES string of the molecule is Cc1ccc(CN2CCN(C(=O)OC(C)C(F)(F)F)CC2)c(OCC2(C(=O)O)CC2)c1. The Hall–Kier alpha value is -2.49. The van der Waals surface area contributed by atoms with E-state index in [1.807, 2.05) is 25.1 Å². The van der Waals surface area contributed by atoms with E-state index in [0.717, 1.165) is 18.1 Å². The minimum atomic E-state index is -4.58. The van der Waals surface area contributed by atoms with E-state index >= 15 is 0 Å². The van der Waals surface area contributed by atoms with Crippen molar-refractivity contribution in [1.29, 1.82) is 0 Å². The van der Waals surface area contributed by atoms with Crippen LogP contribution in [0.3, 0.4) is 0 Å². The number of carboxylic acid groups (broad SMARTS) is 1. The van der Waals surface area contributed by atoms with Crippen LogP contribution in [-0.2, 0) is 16.1 Å². The molecule has 1 aromatic rings. The van der Waals surface area contributed by atoms with Gasteiger partial charge in [-0.3, -0.25) is 9.69 Å². The van der Waals surface area contributed by atoms with Crippen molar-refractivity contribution in [3.05, 3.63) is 29.3 Å². The second-order valence-electron chi connectivity index (χ2n) is 8.32. The smallest absolute Gasteiger partial charge is 0.425 e. The Morgan fingerprint density at radius 2 is 1.84 bits per heavy atom. The fourth-order valence-electron chi connectivity index (χ4n) is 3.34. The molecule has 10 heteroatoms. The summed E-state index contributed by atoms with van der Waals surface area (Å²) < 4.78 is 48.1. The lowest BCUT2D eigenvalue weighted by molar-refractivity contribution is -0.200. The number of nitrogens with zero attached hydrogens (tertiary/aromatic N) is 2. The second-order valence-corrected chi connectivity index (χ2v) is 8.32. The number of alkyl halides is 3. The average molecular weight is 444 g/mol. The van der Waals surface area contributed by atoms with Crippen molar-refractivity contribution in [2.75, 3.05) is 32.8 Å². The third-order valence-corrected chi connectivity index (χ3v) is 5.80. The van der Waals surface area contributed by atoms with Gasteiger partial charge in [0.05, 0.1) is 0 Å². The summed E-state index contributed by atoms with van der Waals surface area (Å²) in [5.74, 6) is -0.210. The van der Waals surface area contributed by atoms with E-state index in [1.165, 1.54) is 4.90 Å². The van der Waals surface area contributed by atoms with Crippen LogP contribution < -0.4 is 4.74 Å². The van der Waals surface area contributed by atoms with E-state index in [0.29, 0.717) is 38.2 Å². The lowest BCUT2D eigenvalue weighted by Gasteiger charge is -2.35. The molecule has 2 fully saturated rings. The minimum Gasteiger partial charge on any atom is -0.492 e. The van der Waals surface area contributed by atoms with Gasteiger partial charge in [-0.1, -0.05) is 12.1 Å². The van der Waals surface area contributed by atoms with Gasteiger partial charge in [-0.2, -0.15) is 13.2 Å². The predicted octanol–water partition coefficient (Wildman–Crippen LogP) is 3.44. The van der Waals surface area contributed by atoms with E-state index in [9.17, 15) is 27.9 Å². The Kier molecular flexibility index (Phi) is 6.68. The van der Waals surface area contributed by atoms with E-state index in [1.54, 1.807) is 0 Å². The van der Waals surface area contributed by atoms with Crippen molar-refractivity contribution in [3.63, 3.8) is 0 Å². The molecule has 0 spiro atoms. The summed E-state index contributed by atoms with van der Waals surface area (Å²) in [7, 11) is 0.